The largest absolute Gasteiger partial charge is 0.394 e. The normalized spacial score (nSPS) is 24.7. The van der Waals surface area contributed by atoms with Gasteiger partial charge in [0, 0.05) is 0 Å². The third-order valence-electron chi connectivity index (χ3n) is 4.61. The number of fused-ring (bicyclic) bond motifs is 1. The summed E-state index contributed by atoms with van der Waals surface area (Å²) in [6, 6.07) is 7.22. The molecule has 0 aliphatic carbocycles. The van der Waals surface area contributed by atoms with E-state index in [0.717, 1.165) is 5.56 Å². The Kier molecular flexibility index (Phi) is 4.84. The van der Waals surface area contributed by atoms with Crippen LogP contribution in [-0.2, 0) is 4.74 Å². The number of nitrogen functional groups attached to an aromatic ring is 1. The first kappa shape index (κ1) is 19.1. The number of nitrogens with one attached hydrogen (secondary N) is 1. The van der Waals surface area contributed by atoms with Gasteiger partial charge in [-0.2, -0.15) is 4.98 Å². The van der Waals surface area contributed by atoms with Crippen LogP contribution in [0.1, 0.15) is 11.8 Å². The molecule has 0 amide bonds. The molecule has 6 N–H and O–H groups in total. The number of aryl methyl sites for hydroxylation is 1. The Morgan fingerprint density at radius 3 is 2.59 bits per heavy atom. The minimum absolute atomic E-state index is 0.000976. The Morgan fingerprint density at radius 1 is 1.21 bits per heavy atom. The van der Waals surface area contributed by atoms with Crippen molar-refractivity contribution in [3.8, 4) is 0 Å². The summed E-state index contributed by atoms with van der Waals surface area (Å²) in [5.74, 6) is -0.253. The predicted octanol–water partition coefficient (Wildman–Crippen LogP) is 0.0371. The lowest BCUT2D eigenvalue weighted by atomic mass is 10.1. The number of aliphatic hydroxyl groups excluding tert-OH is 3. The van der Waals surface area contributed by atoms with Crippen molar-refractivity contribution in [1.82, 2.24) is 19.5 Å². The maximum atomic E-state index is 12.2. The number of rotatable bonds is 4. The number of azo groups is 1. The molecule has 12 heteroatoms. The van der Waals surface area contributed by atoms with E-state index in [1.165, 1.54) is 4.57 Å². The minimum Gasteiger partial charge on any atom is -0.394 e. The van der Waals surface area contributed by atoms with Crippen molar-refractivity contribution >= 4 is 28.7 Å². The molecule has 0 spiro atoms. The van der Waals surface area contributed by atoms with Gasteiger partial charge < -0.3 is 25.8 Å². The first-order valence-electron chi connectivity index (χ1n) is 8.77. The zero-order chi connectivity index (χ0) is 20.7. The SMILES string of the molecule is Cc1ccc(N=Nc2nc3c(=O)[nH]c(N)nc3n2[C@@H]2O[C@H](CO)C(O)[C@@H]2O)cc1. The number of nitrogens with two attached hydrogens (primary N) is 1. The second kappa shape index (κ2) is 7.33. The molecule has 3 heterocycles. The van der Waals surface area contributed by atoms with E-state index in [1.54, 1.807) is 12.1 Å². The van der Waals surface area contributed by atoms with Crippen LogP contribution in [0.3, 0.4) is 0 Å². The van der Waals surface area contributed by atoms with Crippen LogP contribution in [0, 0.1) is 6.92 Å². The molecule has 0 saturated carbocycles. The van der Waals surface area contributed by atoms with Crippen molar-refractivity contribution < 1.29 is 20.1 Å². The summed E-state index contributed by atoms with van der Waals surface area (Å²) in [6.07, 6.45) is -5.04. The van der Waals surface area contributed by atoms with Gasteiger partial charge in [0.15, 0.2) is 17.4 Å². The number of hydrogen-bond donors (Lipinski definition) is 5. The second-order valence-corrected chi connectivity index (χ2v) is 6.67. The fourth-order valence-electron chi connectivity index (χ4n) is 3.10. The molecule has 4 rings (SSSR count). The number of hydrogen-bond acceptors (Lipinski definition) is 10. The molecular formula is C17H19N7O5. The molecule has 4 atom stereocenters. The van der Waals surface area contributed by atoms with E-state index in [2.05, 4.69) is 25.2 Å². The number of nitrogens with zero attached hydrogens (tertiary/aromatic N) is 5. The Balaban J connectivity index is 1.85. The predicted molar refractivity (Wildman–Crippen MR) is 101 cm³/mol. The van der Waals surface area contributed by atoms with Gasteiger partial charge >= 0.3 is 0 Å². The summed E-state index contributed by atoms with van der Waals surface area (Å²) in [7, 11) is 0. The first-order valence-corrected chi connectivity index (χ1v) is 8.77. The van der Waals surface area contributed by atoms with Crippen molar-refractivity contribution in [2.24, 2.45) is 10.2 Å². The summed E-state index contributed by atoms with van der Waals surface area (Å²) in [6.45, 7) is 1.42. The number of aromatic amines is 1. The molecule has 152 valence electrons. The quantitative estimate of drug-likeness (QED) is 0.379. The number of imidazole rings is 1. The summed E-state index contributed by atoms with van der Waals surface area (Å²) < 4.78 is 6.78. The fraction of sp³-hybridized carbons (Fsp3) is 0.353. The standard InChI is InChI=1S/C17H19N7O5/c1-7-2-4-8(5-3-7)22-23-17-19-10-13(20-16(18)21-14(10)28)24(17)15-12(27)11(26)9(6-25)29-15/h2-5,9,11-12,15,25-27H,6H2,1H3,(H3,18,20,21,28)/t9-,11?,12+,15-/m1/s1. The highest BCUT2D eigenvalue weighted by atomic mass is 16.6. The second-order valence-electron chi connectivity index (χ2n) is 6.67. The third-order valence-corrected chi connectivity index (χ3v) is 4.61. The summed E-state index contributed by atoms with van der Waals surface area (Å²) in [5, 5.41) is 38.1. The highest BCUT2D eigenvalue weighted by Gasteiger charge is 2.45. The Labute approximate surface area is 163 Å². The average Bonchev–Trinajstić information content (AvgIpc) is 3.19. The molecular weight excluding hydrogens is 382 g/mol. The molecule has 1 fully saturated rings. The zero-order valence-corrected chi connectivity index (χ0v) is 15.3. The van der Waals surface area contributed by atoms with Crippen molar-refractivity contribution in [3.63, 3.8) is 0 Å². The number of benzene rings is 1. The molecule has 1 saturated heterocycles. The highest BCUT2D eigenvalue weighted by Crippen LogP contribution is 2.35. The van der Waals surface area contributed by atoms with Crippen molar-refractivity contribution in [3.05, 3.63) is 40.2 Å². The van der Waals surface area contributed by atoms with Gasteiger partial charge in [-0.1, -0.05) is 17.7 Å². The van der Waals surface area contributed by atoms with Gasteiger partial charge in [0.1, 0.15) is 18.3 Å². The van der Waals surface area contributed by atoms with E-state index >= 15 is 0 Å². The molecule has 12 nitrogen and oxygen atoms in total. The van der Waals surface area contributed by atoms with Crippen LogP contribution in [-0.4, -0.2) is 59.8 Å². The number of anilines is 1. The molecule has 0 bridgehead atoms. The van der Waals surface area contributed by atoms with Crippen molar-refractivity contribution in [2.75, 3.05) is 12.3 Å². The van der Waals surface area contributed by atoms with Crippen LogP contribution in [0.4, 0.5) is 17.6 Å². The summed E-state index contributed by atoms with van der Waals surface area (Å²) in [5.41, 5.74) is 6.53. The third kappa shape index (κ3) is 3.38. The fourth-order valence-corrected chi connectivity index (χ4v) is 3.10. The van der Waals surface area contributed by atoms with Gasteiger partial charge in [-0.05, 0) is 19.1 Å². The maximum Gasteiger partial charge on any atom is 0.280 e. The highest BCUT2D eigenvalue weighted by molar-refractivity contribution is 5.74. The van der Waals surface area contributed by atoms with Crippen LogP contribution in [0.2, 0.25) is 0 Å². The van der Waals surface area contributed by atoms with E-state index in [4.69, 9.17) is 10.5 Å². The van der Waals surface area contributed by atoms with Gasteiger partial charge in [-0.3, -0.25) is 14.3 Å². The molecule has 2 aromatic heterocycles. The van der Waals surface area contributed by atoms with Gasteiger partial charge in [0.05, 0.1) is 12.3 Å². The number of H-pyrrole nitrogens is 1. The molecule has 3 aromatic rings. The molecule has 0 radical (unpaired) electrons. The Bertz CT molecular complexity index is 1120. The average molecular weight is 401 g/mol. The lowest BCUT2D eigenvalue weighted by Crippen LogP contribution is -2.33. The molecule has 1 aromatic carbocycles. The molecule has 1 aliphatic heterocycles. The van der Waals surface area contributed by atoms with E-state index < -0.39 is 36.7 Å². The molecule has 1 unspecified atom stereocenters. The summed E-state index contributed by atoms with van der Waals surface area (Å²) in [4.78, 5) is 22.8. The number of ether oxygens (including phenoxy) is 1. The number of aromatic nitrogens is 4. The smallest absolute Gasteiger partial charge is 0.280 e. The molecule has 1 aliphatic rings. The van der Waals surface area contributed by atoms with E-state index in [-0.39, 0.29) is 23.1 Å². The van der Waals surface area contributed by atoms with Crippen molar-refractivity contribution in [2.45, 2.75) is 31.5 Å². The monoisotopic (exact) mass is 401 g/mol. The Morgan fingerprint density at radius 2 is 1.93 bits per heavy atom. The first-order chi connectivity index (χ1) is 13.9. The van der Waals surface area contributed by atoms with E-state index in [0.29, 0.717) is 5.69 Å². The van der Waals surface area contributed by atoms with Crippen LogP contribution in [0.5, 0.6) is 0 Å². The lowest BCUT2D eigenvalue weighted by Gasteiger charge is -2.17. The van der Waals surface area contributed by atoms with Gasteiger partial charge in [-0.15, -0.1) is 10.2 Å². The van der Waals surface area contributed by atoms with Gasteiger partial charge in [-0.25, -0.2) is 4.98 Å². The van der Waals surface area contributed by atoms with Crippen molar-refractivity contribution in [1.29, 1.82) is 0 Å². The van der Waals surface area contributed by atoms with Crippen LogP contribution < -0.4 is 11.3 Å². The number of aliphatic hydroxyl groups is 3. The van der Waals surface area contributed by atoms with Gasteiger partial charge in [0.2, 0.25) is 5.95 Å². The van der Waals surface area contributed by atoms with E-state index in [1.807, 2.05) is 19.1 Å². The Hall–Kier alpha value is -3.19. The molecule has 29 heavy (non-hydrogen) atoms. The zero-order valence-electron chi connectivity index (χ0n) is 15.3. The van der Waals surface area contributed by atoms with Crippen LogP contribution >= 0.6 is 0 Å². The lowest BCUT2D eigenvalue weighted by molar-refractivity contribution is -0.0503. The van der Waals surface area contributed by atoms with Gasteiger partial charge in [0.25, 0.3) is 11.5 Å². The minimum atomic E-state index is -1.43. The van der Waals surface area contributed by atoms with E-state index in [9.17, 15) is 20.1 Å². The maximum absolute atomic E-state index is 12.2. The van der Waals surface area contributed by atoms with Crippen LogP contribution in [0.15, 0.2) is 39.3 Å². The van der Waals surface area contributed by atoms with Crippen LogP contribution in [0.25, 0.3) is 11.2 Å². The summed E-state index contributed by atoms with van der Waals surface area (Å²) >= 11 is 0. The topological polar surface area (TPSA) is 184 Å².